The maximum Gasteiger partial charge on any atom is 0.282 e. The number of thiophene rings is 1. The number of hydrogen-bond acceptors (Lipinski definition) is 8. The van der Waals surface area contributed by atoms with Crippen LogP contribution in [-0.4, -0.2) is 58.9 Å². The number of rotatable bonds is 4. The summed E-state index contributed by atoms with van der Waals surface area (Å²) in [6.07, 6.45) is 7.11. The van der Waals surface area contributed by atoms with E-state index in [1.54, 1.807) is 17.4 Å². The molecule has 2 aliphatic rings. The summed E-state index contributed by atoms with van der Waals surface area (Å²) in [5, 5.41) is 16.4. The van der Waals surface area contributed by atoms with E-state index in [0.29, 0.717) is 10.9 Å². The molecule has 0 radical (unpaired) electrons. The molecule has 0 atom stereocenters. The van der Waals surface area contributed by atoms with Crippen molar-refractivity contribution in [2.45, 2.75) is 25.7 Å². The normalized spacial score (nSPS) is 17.2. The van der Waals surface area contributed by atoms with Gasteiger partial charge in [-0.25, -0.2) is 4.98 Å². The number of aromatic nitrogens is 2. The van der Waals surface area contributed by atoms with Gasteiger partial charge in [-0.2, -0.15) is 9.78 Å². The van der Waals surface area contributed by atoms with Crippen LogP contribution in [0.1, 0.15) is 28.8 Å². The summed E-state index contributed by atoms with van der Waals surface area (Å²) in [5.74, 6) is 0. The van der Waals surface area contributed by atoms with Gasteiger partial charge in [0.1, 0.15) is 11.2 Å². The Labute approximate surface area is 188 Å². The van der Waals surface area contributed by atoms with Gasteiger partial charge in [0.05, 0.1) is 16.5 Å². The summed E-state index contributed by atoms with van der Waals surface area (Å²) in [6.45, 7) is 3.47. The van der Waals surface area contributed by atoms with E-state index in [-0.39, 0.29) is 11.2 Å². The van der Waals surface area contributed by atoms with Crippen molar-refractivity contribution in [3.05, 3.63) is 61.0 Å². The molecule has 3 aromatic rings. The second-order valence-electron chi connectivity index (χ2n) is 8.32. The number of nitro benzene ring substituents is 1. The first-order valence-corrected chi connectivity index (χ1v) is 11.6. The second kappa shape index (κ2) is 8.44. The predicted octanol–water partition coefficient (Wildman–Crippen LogP) is 2.88. The van der Waals surface area contributed by atoms with Crippen LogP contribution >= 0.6 is 11.3 Å². The minimum absolute atomic E-state index is 0.00263. The minimum Gasteiger partial charge on any atom is -0.368 e. The first kappa shape index (κ1) is 20.8. The molecular formula is C22H24N6O3S. The van der Waals surface area contributed by atoms with Gasteiger partial charge in [0.25, 0.3) is 11.2 Å². The highest BCUT2D eigenvalue weighted by atomic mass is 32.1. The van der Waals surface area contributed by atoms with Crippen LogP contribution in [0.3, 0.4) is 0 Å². The van der Waals surface area contributed by atoms with Gasteiger partial charge in [0.2, 0.25) is 0 Å². The third-order valence-electron chi connectivity index (χ3n) is 6.25. The third kappa shape index (κ3) is 3.80. The predicted molar refractivity (Wildman–Crippen MR) is 126 cm³/mol. The summed E-state index contributed by atoms with van der Waals surface area (Å²) in [6, 6.07) is 4.80. The lowest BCUT2D eigenvalue weighted by atomic mass is 9.97. The molecule has 0 amide bonds. The van der Waals surface area contributed by atoms with Crippen molar-refractivity contribution in [2.24, 2.45) is 5.10 Å². The molecule has 1 aliphatic heterocycles. The molecule has 10 heteroatoms. The molecule has 2 aromatic heterocycles. The van der Waals surface area contributed by atoms with Crippen molar-refractivity contribution in [2.75, 3.05) is 38.1 Å². The molecule has 0 spiro atoms. The zero-order valence-electron chi connectivity index (χ0n) is 17.9. The molecule has 1 fully saturated rings. The molecule has 1 saturated heterocycles. The van der Waals surface area contributed by atoms with E-state index in [1.807, 2.05) is 0 Å². The Morgan fingerprint density at radius 2 is 1.97 bits per heavy atom. The van der Waals surface area contributed by atoms with Crippen molar-refractivity contribution >= 4 is 39.1 Å². The van der Waals surface area contributed by atoms with E-state index in [0.717, 1.165) is 67.9 Å². The molecule has 5 rings (SSSR count). The molecule has 0 N–H and O–H groups in total. The average Bonchev–Trinajstić information content (AvgIpc) is 3.18. The summed E-state index contributed by atoms with van der Waals surface area (Å²) in [4.78, 5) is 35.0. The molecule has 1 aliphatic carbocycles. The van der Waals surface area contributed by atoms with Crippen molar-refractivity contribution in [3.8, 4) is 0 Å². The van der Waals surface area contributed by atoms with E-state index in [2.05, 4.69) is 26.9 Å². The highest BCUT2D eigenvalue weighted by molar-refractivity contribution is 7.18. The van der Waals surface area contributed by atoms with Crippen LogP contribution in [0.15, 0.2) is 34.4 Å². The number of nitrogens with zero attached hydrogens (tertiary/aromatic N) is 6. The van der Waals surface area contributed by atoms with Crippen LogP contribution in [0, 0.1) is 10.1 Å². The van der Waals surface area contributed by atoms with Gasteiger partial charge in [-0.3, -0.25) is 14.9 Å². The standard InChI is InChI=1S/C22H24N6O3S/c1-25-8-10-26(11-9-25)18-7-6-16(28(30)31)12-15(18)13-24-27-14-23-21-20(22(27)29)17-4-2-3-5-19(17)32-21/h6-7,12-14H,2-5,8-11H2,1H3/b24-13+. The van der Waals surface area contributed by atoms with E-state index in [1.165, 1.54) is 34.2 Å². The Morgan fingerprint density at radius 3 is 2.75 bits per heavy atom. The van der Waals surface area contributed by atoms with Crippen LogP contribution < -0.4 is 10.5 Å². The van der Waals surface area contributed by atoms with Gasteiger partial charge in [-0.1, -0.05) is 0 Å². The molecule has 1 aromatic carbocycles. The van der Waals surface area contributed by atoms with Crippen molar-refractivity contribution in [1.82, 2.24) is 14.6 Å². The van der Waals surface area contributed by atoms with Gasteiger partial charge in [0, 0.05) is 54.4 Å². The number of non-ortho nitro benzene ring substituents is 1. The zero-order chi connectivity index (χ0) is 22.2. The van der Waals surface area contributed by atoms with Crippen LogP contribution in [0.4, 0.5) is 11.4 Å². The fourth-order valence-corrected chi connectivity index (χ4v) is 5.66. The van der Waals surface area contributed by atoms with Crippen LogP contribution in [0.2, 0.25) is 0 Å². The van der Waals surface area contributed by atoms with E-state index >= 15 is 0 Å². The first-order valence-electron chi connectivity index (χ1n) is 10.8. The van der Waals surface area contributed by atoms with Crippen molar-refractivity contribution < 1.29 is 4.92 Å². The van der Waals surface area contributed by atoms with E-state index in [4.69, 9.17) is 0 Å². The Hall–Kier alpha value is -3.11. The maximum atomic E-state index is 13.2. The Morgan fingerprint density at radius 1 is 1.19 bits per heavy atom. The van der Waals surface area contributed by atoms with Gasteiger partial charge in [-0.15, -0.1) is 11.3 Å². The zero-order valence-corrected chi connectivity index (χ0v) is 18.7. The Bertz CT molecular complexity index is 1270. The fourth-order valence-electron chi connectivity index (χ4n) is 4.44. The molecule has 0 bridgehead atoms. The summed E-state index contributed by atoms with van der Waals surface area (Å²) >= 11 is 1.60. The summed E-state index contributed by atoms with van der Waals surface area (Å²) < 4.78 is 1.25. The van der Waals surface area contributed by atoms with Gasteiger partial charge in [0.15, 0.2) is 0 Å². The summed E-state index contributed by atoms with van der Waals surface area (Å²) in [7, 11) is 2.08. The molecule has 0 unspecified atom stereocenters. The van der Waals surface area contributed by atoms with Crippen molar-refractivity contribution in [1.29, 1.82) is 0 Å². The van der Waals surface area contributed by atoms with Crippen LogP contribution in [0.25, 0.3) is 10.2 Å². The second-order valence-corrected chi connectivity index (χ2v) is 9.40. The third-order valence-corrected chi connectivity index (χ3v) is 7.45. The van der Waals surface area contributed by atoms with Gasteiger partial charge < -0.3 is 9.80 Å². The molecule has 0 saturated carbocycles. The monoisotopic (exact) mass is 452 g/mol. The Kier molecular flexibility index (Phi) is 5.48. The summed E-state index contributed by atoms with van der Waals surface area (Å²) in [5.41, 5.74) is 2.42. The number of hydrogen-bond donors (Lipinski definition) is 0. The maximum absolute atomic E-state index is 13.2. The number of anilines is 1. The molecule has 9 nitrogen and oxygen atoms in total. The first-order chi connectivity index (χ1) is 15.5. The molecule has 32 heavy (non-hydrogen) atoms. The van der Waals surface area contributed by atoms with E-state index in [9.17, 15) is 14.9 Å². The van der Waals surface area contributed by atoms with Gasteiger partial charge >= 0.3 is 0 Å². The van der Waals surface area contributed by atoms with Crippen LogP contribution in [0.5, 0.6) is 0 Å². The fraction of sp³-hybridized carbons (Fsp3) is 0.409. The number of likely N-dealkylation sites (N-methyl/N-ethyl adjacent to an activating group) is 1. The lowest BCUT2D eigenvalue weighted by Crippen LogP contribution is -2.44. The largest absolute Gasteiger partial charge is 0.368 e. The molecule has 3 heterocycles. The van der Waals surface area contributed by atoms with Gasteiger partial charge in [-0.05, 0) is 44.4 Å². The highest BCUT2D eigenvalue weighted by Gasteiger charge is 2.21. The Balaban J connectivity index is 1.54. The number of fused-ring (bicyclic) bond motifs is 3. The number of piperazine rings is 1. The lowest BCUT2D eigenvalue weighted by Gasteiger charge is -2.34. The number of nitro groups is 1. The lowest BCUT2D eigenvalue weighted by molar-refractivity contribution is -0.384. The highest BCUT2D eigenvalue weighted by Crippen LogP contribution is 2.33. The minimum atomic E-state index is -0.414. The smallest absolute Gasteiger partial charge is 0.282 e. The van der Waals surface area contributed by atoms with Crippen molar-refractivity contribution in [3.63, 3.8) is 0 Å². The quantitative estimate of drug-likeness (QED) is 0.343. The molecular weight excluding hydrogens is 428 g/mol. The average molecular weight is 453 g/mol. The SMILES string of the molecule is CN1CCN(c2ccc([N+](=O)[O-])cc2/C=N/n2cnc3sc4c(c3c2=O)CCCC4)CC1. The number of aryl methyl sites for hydroxylation is 2. The molecule has 166 valence electrons. The topological polar surface area (TPSA) is 96.9 Å². The number of benzene rings is 1. The van der Waals surface area contributed by atoms with Crippen LogP contribution in [-0.2, 0) is 12.8 Å². The van der Waals surface area contributed by atoms with E-state index < -0.39 is 4.92 Å².